The fraction of sp³-hybridized carbons (Fsp3) is 0.333. The van der Waals surface area contributed by atoms with E-state index in [0.717, 1.165) is 10.0 Å². The van der Waals surface area contributed by atoms with Crippen LogP contribution in [0.4, 0.5) is 4.79 Å². The van der Waals surface area contributed by atoms with Gasteiger partial charge in [-0.05, 0) is 31.0 Å². The van der Waals surface area contributed by atoms with Gasteiger partial charge in [-0.15, -0.1) is 0 Å². The number of carboxylic acid groups (broad SMARTS) is 1. The zero-order chi connectivity index (χ0) is 15.4. The Morgan fingerprint density at radius 3 is 2.76 bits per heavy atom. The largest absolute Gasteiger partial charge is 0.481 e. The molecule has 0 fully saturated rings. The van der Waals surface area contributed by atoms with Crippen LogP contribution in [0.3, 0.4) is 0 Å². The van der Waals surface area contributed by atoms with E-state index in [9.17, 15) is 9.59 Å². The van der Waals surface area contributed by atoms with Crippen molar-refractivity contribution in [3.8, 4) is 0 Å². The Hall–Kier alpha value is -1.82. The van der Waals surface area contributed by atoms with Gasteiger partial charge in [-0.1, -0.05) is 40.2 Å². The molecular formula is C15H17BrN2O3. The number of rotatable bonds is 4. The standard InChI is InChI=1S/C15H17BrN2O3/c1-9(10-3-2-4-12(16)7-10)17-15(21)18-13-6-5-11(8-13)14(19)20/h2-7,9,11,13H,8H2,1H3,(H,19,20)(H2,17,18,21). The summed E-state index contributed by atoms with van der Waals surface area (Å²) >= 11 is 3.39. The molecule has 3 atom stereocenters. The molecule has 1 aromatic carbocycles. The highest BCUT2D eigenvalue weighted by atomic mass is 79.9. The van der Waals surface area contributed by atoms with Crippen LogP contribution in [0.25, 0.3) is 0 Å². The zero-order valence-electron chi connectivity index (χ0n) is 11.5. The molecule has 1 aromatic rings. The maximum atomic E-state index is 11.9. The van der Waals surface area contributed by atoms with Crippen molar-refractivity contribution in [2.75, 3.05) is 0 Å². The monoisotopic (exact) mass is 352 g/mol. The lowest BCUT2D eigenvalue weighted by Gasteiger charge is -2.18. The zero-order valence-corrected chi connectivity index (χ0v) is 13.1. The van der Waals surface area contributed by atoms with Gasteiger partial charge in [0, 0.05) is 4.47 Å². The number of aliphatic carboxylic acids is 1. The predicted molar refractivity (Wildman–Crippen MR) is 82.9 cm³/mol. The van der Waals surface area contributed by atoms with Gasteiger partial charge in [0.15, 0.2) is 0 Å². The summed E-state index contributed by atoms with van der Waals surface area (Å²) in [6, 6.07) is 7.04. The highest BCUT2D eigenvalue weighted by Crippen LogP contribution is 2.19. The number of benzene rings is 1. The minimum absolute atomic E-state index is 0.136. The van der Waals surface area contributed by atoms with Gasteiger partial charge in [-0.3, -0.25) is 4.79 Å². The summed E-state index contributed by atoms with van der Waals surface area (Å²) < 4.78 is 0.956. The topological polar surface area (TPSA) is 78.4 Å². The molecule has 0 saturated carbocycles. The Morgan fingerprint density at radius 1 is 1.38 bits per heavy atom. The second-order valence-corrected chi connectivity index (χ2v) is 5.98. The molecule has 0 saturated heterocycles. The quantitative estimate of drug-likeness (QED) is 0.729. The fourth-order valence-electron chi connectivity index (χ4n) is 2.26. The van der Waals surface area contributed by atoms with Crippen molar-refractivity contribution in [1.29, 1.82) is 0 Å². The van der Waals surface area contributed by atoms with Crippen LogP contribution in [0.5, 0.6) is 0 Å². The first kappa shape index (κ1) is 15.6. The van der Waals surface area contributed by atoms with E-state index in [1.54, 1.807) is 12.2 Å². The molecule has 112 valence electrons. The third kappa shape index (κ3) is 4.32. The average molecular weight is 353 g/mol. The van der Waals surface area contributed by atoms with E-state index in [1.165, 1.54) is 0 Å². The lowest BCUT2D eigenvalue weighted by Crippen LogP contribution is -2.42. The molecule has 1 aliphatic rings. The molecule has 0 radical (unpaired) electrons. The van der Waals surface area contributed by atoms with Crippen molar-refractivity contribution in [2.45, 2.75) is 25.4 Å². The molecule has 0 heterocycles. The normalized spacial score (nSPS) is 21.8. The molecule has 6 heteroatoms. The average Bonchev–Trinajstić information content (AvgIpc) is 2.87. The summed E-state index contributed by atoms with van der Waals surface area (Å²) in [4.78, 5) is 22.8. The Balaban J connectivity index is 1.85. The van der Waals surface area contributed by atoms with Gasteiger partial charge in [0.1, 0.15) is 0 Å². The summed E-state index contributed by atoms with van der Waals surface area (Å²) in [5.41, 5.74) is 0.991. The first-order chi connectivity index (χ1) is 9.95. The van der Waals surface area contributed by atoms with Gasteiger partial charge < -0.3 is 15.7 Å². The van der Waals surface area contributed by atoms with E-state index in [4.69, 9.17) is 5.11 Å². The summed E-state index contributed by atoms with van der Waals surface area (Å²) in [5.74, 6) is -1.38. The second-order valence-electron chi connectivity index (χ2n) is 5.07. The number of carbonyl (C=O) groups excluding carboxylic acids is 1. The number of hydrogen-bond acceptors (Lipinski definition) is 2. The van der Waals surface area contributed by atoms with Gasteiger partial charge in [-0.2, -0.15) is 0 Å². The van der Waals surface area contributed by atoms with Crippen LogP contribution in [-0.2, 0) is 4.79 Å². The third-order valence-corrected chi connectivity index (χ3v) is 3.91. The van der Waals surface area contributed by atoms with Crippen molar-refractivity contribution >= 4 is 27.9 Å². The number of carbonyl (C=O) groups is 2. The van der Waals surface area contributed by atoms with Crippen molar-refractivity contribution in [1.82, 2.24) is 10.6 Å². The van der Waals surface area contributed by atoms with Crippen LogP contribution in [-0.4, -0.2) is 23.1 Å². The van der Waals surface area contributed by atoms with E-state index in [-0.39, 0.29) is 18.1 Å². The third-order valence-electron chi connectivity index (χ3n) is 3.41. The number of amides is 2. The van der Waals surface area contributed by atoms with E-state index < -0.39 is 11.9 Å². The van der Waals surface area contributed by atoms with Gasteiger partial charge >= 0.3 is 12.0 Å². The Labute approximate surface area is 131 Å². The molecule has 2 amide bonds. The van der Waals surface area contributed by atoms with Crippen LogP contribution >= 0.6 is 15.9 Å². The molecule has 2 rings (SSSR count). The molecule has 3 unspecified atom stereocenters. The summed E-state index contributed by atoms with van der Waals surface area (Å²) in [7, 11) is 0. The minimum atomic E-state index is -0.863. The molecule has 21 heavy (non-hydrogen) atoms. The van der Waals surface area contributed by atoms with Crippen molar-refractivity contribution in [2.24, 2.45) is 5.92 Å². The predicted octanol–water partition coefficient (Wildman–Crippen LogP) is 2.84. The first-order valence-corrected chi connectivity index (χ1v) is 7.48. The van der Waals surface area contributed by atoms with Gasteiger partial charge in [0.2, 0.25) is 0 Å². The highest BCUT2D eigenvalue weighted by Gasteiger charge is 2.25. The van der Waals surface area contributed by atoms with Crippen molar-refractivity contribution in [3.05, 3.63) is 46.5 Å². The lowest BCUT2D eigenvalue weighted by atomic mass is 10.1. The van der Waals surface area contributed by atoms with Crippen LogP contribution in [0.1, 0.15) is 24.9 Å². The van der Waals surface area contributed by atoms with E-state index in [2.05, 4.69) is 26.6 Å². The summed E-state index contributed by atoms with van der Waals surface area (Å²) in [6.07, 6.45) is 3.74. The lowest BCUT2D eigenvalue weighted by molar-refractivity contribution is -0.140. The Morgan fingerprint density at radius 2 is 2.14 bits per heavy atom. The fourth-order valence-corrected chi connectivity index (χ4v) is 2.67. The molecule has 1 aliphatic carbocycles. The molecular weight excluding hydrogens is 336 g/mol. The van der Waals surface area contributed by atoms with E-state index >= 15 is 0 Å². The maximum absolute atomic E-state index is 11.9. The van der Waals surface area contributed by atoms with Crippen LogP contribution in [0.2, 0.25) is 0 Å². The second kappa shape index (κ2) is 6.76. The summed E-state index contributed by atoms with van der Waals surface area (Å²) in [6.45, 7) is 1.89. The van der Waals surface area contributed by atoms with Crippen LogP contribution in [0.15, 0.2) is 40.9 Å². The van der Waals surface area contributed by atoms with Crippen LogP contribution in [0, 0.1) is 5.92 Å². The molecule has 0 bridgehead atoms. The van der Waals surface area contributed by atoms with Crippen molar-refractivity contribution < 1.29 is 14.7 Å². The van der Waals surface area contributed by atoms with E-state index in [1.807, 2.05) is 31.2 Å². The number of halogens is 1. The first-order valence-electron chi connectivity index (χ1n) is 6.69. The van der Waals surface area contributed by atoms with Crippen LogP contribution < -0.4 is 10.6 Å². The SMILES string of the molecule is CC(NC(=O)NC1C=CC(C(=O)O)C1)c1cccc(Br)c1. The molecule has 0 aliphatic heterocycles. The minimum Gasteiger partial charge on any atom is -0.481 e. The van der Waals surface area contributed by atoms with Crippen molar-refractivity contribution in [3.63, 3.8) is 0 Å². The molecule has 5 nitrogen and oxygen atoms in total. The molecule has 3 N–H and O–H groups in total. The molecule has 0 spiro atoms. The van der Waals surface area contributed by atoms with Gasteiger partial charge in [0.05, 0.1) is 18.0 Å². The maximum Gasteiger partial charge on any atom is 0.315 e. The number of carboxylic acids is 1. The highest BCUT2D eigenvalue weighted by molar-refractivity contribution is 9.10. The molecule has 0 aromatic heterocycles. The van der Waals surface area contributed by atoms with Gasteiger partial charge in [-0.25, -0.2) is 4.79 Å². The number of urea groups is 1. The van der Waals surface area contributed by atoms with Gasteiger partial charge in [0.25, 0.3) is 0 Å². The Bertz CT molecular complexity index is 574. The smallest absolute Gasteiger partial charge is 0.315 e. The van der Waals surface area contributed by atoms with E-state index in [0.29, 0.717) is 6.42 Å². The number of hydrogen-bond donors (Lipinski definition) is 3. The Kier molecular flexibility index (Phi) is 5.01. The number of nitrogens with one attached hydrogen (secondary N) is 2. The summed E-state index contributed by atoms with van der Waals surface area (Å²) in [5, 5.41) is 14.5.